The molecule has 1 N–H and O–H groups in total. The molecule has 1 aromatic heterocycles. The molecule has 1 unspecified atom stereocenters. The van der Waals surface area contributed by atoms with Crippen molar-refractivity contribution in [3.63, 3.8) is 0 Å². The third-order valence-corrected chi connectivity index (χ3v) is 5.08. The lowest BCUT2D eigenvalue weighted by molar-refractivity contribution is 0.170. The first kappa shape index (κ1) is 14.9. The van der Waals surface area contributed by atoms with Gasteiger partial charge in [0, 0.05) is 17.5 Å². The smallest absolute Gasteiger partial charge is 0.175 e. The SMILES string of the molecule is CCC(NCc1cc(Br)c2c(c1)OCCO2)c1cccs1. The first-order valence-electron chi connectivity index (χ1n) is 7.12. The maximum absolute atomic E-state index is 5.67. The molecule has 21 heavy (non-hydrogen) atoms. The highest BCUT2D eigenvalue weighted by atomic mass is 79.9. The molecule has 1 aliphatic rings. The second-order valence-corrected chi connectivity index (χ2v) is 6.79. The van der Waals surface area contributed by atoms with E-state index in [1.54, 1.807) is 11.3 Å². The van der Waals surface area contributed by atoms with Crippen LogP contribution in [0.5, 0.6) is 11.5 Å². The third-order valence-electron chi connectivity index (χ3n) is 3.50. The summed E-state index contributed by atoms with van der Waals surface area (Å²) < 4.78 is 12.3. The zero-order chi connectivity index (χ0) is 14.7. The minimum atomic E-state index is 0.400. The molecule has 0 aliphatic carbocycles. The number of hydrogen-bond acceptors (Lipinski definition) is 4. The molecule has 2 aromatic rings. The van der Waals surface area contributed by atoms with Gasteiger partial charge in [0.1, 0.15) is 13.2 Å². The predicted molar refractivity (Wildman–Crippen MR) is 89.3 cm³/mol. The van der Waals surface area contributed by atoms with Gasteiger partial charge in [-0.2, -0.15) is 0 Å². The minimum absolute atomic E-state index is 0.400. The highest BCUT2D eigenvalue weighted by Gasteiger charge is 2.17. The molecule has 0 bridgehead atoms. The largest absolute Gasteiger partial charge is 0.486 e. The third kappa shape index (κ3) is 3.42. The Morgan fingerprint density at radius 1 is 1.33 bits per heavy atom. The molecule has 0 saturated heterocycles. The number of halogens is 1. The summed E-state index contributed by atoms with van der Waals surface area (Å²) in [6.45, 7) is 4.24. The average Bonchev–Trinajstić information content (AvgIpc) is 3.02. The molecule has 3 rings (SSSR count). The molecule has 1 atom stereocenters. The van der Waals surface area contributed by atoms with E-state index < -0.39 is 0 Å². The molecule has 0 saturated carbocycles. The van der Waals surface area contributed by atoms with Crippen LogP contribution in [0.25, 0.3) is 0 Å². The van der Waals surface area contributed by atoms with Crippen LogP contribution >= 0.6 is 27.3 Å². The van der Waals surface area contributed by atoms with Gasteiger partial charge in [-0.15, -0.1) is 11.3 Å². The second kappa shape index (κ2) is 6.81. The van der Waals surface area contributed by atoms with Crippen molar-refractivity contribution in [1.29, 1.82) is 0 Å². The Morgan fingerprint density at radius 3 is 2.95 bits per heavy atom. The Bertz CT molecular complexity index is 601. The van der Waals surface area contributed by atoms with Crippen LogP contribution in [0.15, 0.2) is 34.1 Å². The zero-order valence-electron chi connectivity index (χ0n) is 11.9. The molecule has 3 nitrogen and oxygen atoms in total. The molecule has 0 radical (unpaired) electrons. The number of thiophene rings is 1. The van der Waals surface area contributed by atoms with Crippen LogP contribution < -0.4 is 14.8 Å². The fraction of sp³-hybridized carbons (Fsp3) is 0.375. The summed E-state index contributed by atoms with van der Waals surface area (Å²) in [5, 5.41) is 5.74. The van der Waals surface area contributed by atoms with Crippen LogP contribution in [0.1, 0.15) is 29.8 Å². The highest BCUT2D eigenvalue weighted by Crippen LogP contribution is 2.38. The van der Waals surface area contributed by atoms with Crippen molar-refractivity contribution in [3.05, 3.63) is 44.6 Å². The monoisotopic (exact) mass is 367 g/mol. The summed E-state index contributed by atoms with van der Waals surface area (Å²) in [6, 6.07) is 8.85. The van der Waals surface area contributed by atoms with Gasteiger partial charge in [0.2, 0.25) is 0 Å². The van der Waals surface area contributed by atoms with Gasteiger partial charge in [-0.1, -0.05) is 13.0 Å². The number of benzene rings is 1. The Morgan fingerprint density at radius 2 is 2.19 bits per heavy atom. The van der Waals surface area contributed by atoms with E-state index in [0.717, 1.165) is 28.9 Å². The predicted octanol–water partition coefficient (Wildman–Crippen LogP) is 4.52. The quantitative estimate of drug-likeness (QED) is 0.842. The van der Waals surface area contributed by atoms with Gasteiger partial charge in [0.15, 0.2) is 11.5 Å². The second-order valence-electron chi connectivity index (χ2n) is 4.96. The maximum Gasteiger partial charge on any atom is 0.175 e. The van der Waals surface area contributed by atoms with Crippen molar-refractivity contribution in [2.24, 2.45) is 0 Å². The maximum atomic E-state index is 5.67. The van der Waals surface area contributed by atoms with Gasteiger partial charge in [0.05, 0.1) is 4.47 Å². The van der Waals surface area contributed by atoms with Crippen LogP contribution in [0.2, 0.25) is 0 Å². The van der Waals surface area contributed by atoms with E-state index in [4.69, 9.17) is 9.47 Å². The fourth-order valence-electron chi connectivity index (χ4n) is 2.44. The molecule has 1 aliphatic heterocycles. The van der Waals surface area contributed by atoms with E-state index in [0.29, 0.717) is 19.3 Å². The zero-order valence-corrected chi connectivity index (χ0v) is 14.3. The van der Waals surface area contributed by atoms with Crippen molar-refractivity contribution >= 4 is 27.3 Å². The minimum Gasteiger partial charge on any atom is -0.486 e. The van der Waals surface area contributed by atoms with Crippen molar-refractivity contribution in [2.75, 3.05) is 13.2 Å². The lowest BCUT2D eigenvalue weighted by Gasteiger charge is -2.21. The Kier molecular flexibility index (Phi) is 4.83. The standard InChI is InChI=1S/C16H18BrNO2S/c1-2-13(15-4-3-7-21-15)18-10-11-8-12(17)16-14(9-11)19-5-6-20-16/h3-4,7-9,13,18H,2,5-6,10H2,1H3. The molecule has 2 heterocycles. The Balaban J connectivity index is 1.71. The van der Waals surface area contributed by atoms with Gasteiger partial charge in [0.25, 0.3) is 0 Å². The summed E-state index contributed by atoms with van der Waals surface area (Å²) in [5.74, 6) is 1.65. The molecule has 0 fully saturated rings. The van der Waals surface area contributed by atoms with Gasteiger partial charge >= 0.3 is 0 Å². The van der Waals surface area contributed by atoms with Crippen molar-refractivity contribution in [3.8, 4) is 11.5 Å². The summed E-state index contributed by atoms with van der Waals surface area (Å²) in [5.41, 5.74) is 1.20. The Hall–Kier alpha value is -1.04. The van der Waals surface area contributed by atoms with Gasteiger partial charge in [-0.25, -0.2) is 0 Å². The number of rotatable bonds is 5. The number of ether oxygens (including phenoxy) is 2. The number of fused-ring (bicyclic) bond motifs is 1. The van der Waals surface area contributed by atoms with E-state index in [1.807, 2.05) is 0 Å². The molecule has 0 spiro atoms. The summed E-state index contributed by atoms with van der Waals surface area (Å²) in [4.78, 5) is 1.38. The lowest BCUT2D eigenvalue weighted by Crippen LogP contribution is -2.20. The van der Waals surface area contributed by atoms with Crippen LogP contribution in [0.3, 0.4) is 0 Å². The van der Waals surface area contributed by atoms with Crippen LogP contribution in [0.4, 0.5) is 0 Å². The summed E-state index contributed by atoms with van der Waals surface area (Å²) in [7, 11) is 0. The molecule has 1 aromatic carbocycles. The van der Waals surface area contributed by atoms with E-state index in [1.165, 1.54) is 10.4 Å². The molecule has 112 valence electrons. The van der Waals surface area contributed by atoms with Gasteiger partial charge in [-0.05, 0) is 51.5 Å². The molecular weight excluding hydrogens is 350 g/mol. The first-order chi connectivity index (χ1) is 10.3. The molecular formula is C16H18BrNO2S. The number of hydrogen-bond donors (Lipinski definition) is 1. The summed E-state index contributed by atoms with van der Waals surface area (Å²) in [6.07, 6.45) is 1.08. The number of nitrogens with one attached hydrogen (secondary N) is 1. The van der Waals surface area contributed by atoms with E-state index in [-0.39, 0.29) is 0 Å². The van der Waals surface area contributed by atoms with E-state index in [2.05, 4.69) is 57.8 Å². The molecule has 0 amide bonds. The van der Waals surface area contributed by atoms with Gasteiger partial charge in [-0.3, -0.25) is 0 Å². The van der Waals surface area contributed by atoms with Crippen molar-refractivity contribution in [1.82, 2.24) is 5.32 Å². The van der Waals surface area contributed by atoms with E-state index in [9.17, 15) is 0 Å². The van der Waals surface area contributed by atoms with Crippen molar-refractivity contribution in [2.45, 2.75) is 25.9 Å². The Labute approximate surface area is 137 Å². The molecule has 5 heteroatoms. The van der Waals surface area contributed by atoms with Crippen LogP contribution in [0, 0.1) is 0 Å². The normalized spacial score (nSPS) is 15.0. The van der Waals surface area contributed by atoms with Crippen LogP contribution in [-0.2, 0) is 6.54 Å². The van der Waals surface area contributed by atoms with Crippen molar-refractivity contribution < 1.29 is 9.47 Å². The highest BCUT2D eigenvalue weighted by molar-refractivity contribution is 9.10. The summed E-state index contributed by atoms with van der Waals surface area (Å²) >= 11 is 5.37. The van der Waals surface area contributed by atoms with E-state index >= 15 is 0 Å². The average molecular weight is 368 g/mol. The van der Waals surface area contributed by atoms with Crippen LogP contribution in [-0.4, -0.2) is 13.2 Å². The lowest BCUT2D eigenvalue weighted by atomic mass is 10.1. The van der Waals surface area contributed by atoms with Gasteiger partial charge < -0.3 is 14.8 Å². The topological polar surface area (TPSA) is 30.5 Å². The first-order valence-corrected chi connectivity index (χ1v) is 8.80. The fourth-order valence-corrected chi connectivity index (χ4v) is 3.93.